The highest BCUT2D eigenvalue weighted by Gasteiger charge is 2.42. The first-order chi connectivity index (χ1) is 24.7. The fourth-order valence-electron chi connectivity index (χ4n) is 5.27. The minimum absolute atomic E-state index is 0.00320. The van der Waals surface area contributed by atoms with E-state index in [1.807, 2.05) is 6.07 Å². The Morgan fingerprint density at radius 2 is 1.51 bits per heavy atom. The number of hydrogen-bond donors (Lipinski definition) is 3. The molecule has 17 heteroatoms. The first-order valence-electron chi connectivity index (χ1n) is 17.1. The van der Waals surface area contributed by atoms with Crippen molar-refractivity contribution in [2.75, 3.05) is 23.9 Å². The van der Waals surface area contributed by atoms with Gasteiger partial charge in [-0.1, -0.05) is 100 Å². The molecule has 4 rings (SSSR count). The number of aliphatic imine (C=N–C) groups is 1. The zero-order valence-corrected chi connectivity index (χ0v) is 35.3. The molecule has 290 valence electrons. The predicted octanol–water partition coefficient (Wildman–Crippen LogP) is 8.31. The molecule has 1 saturated heterocycles. The number of hydrazine groups is 1. The van der Waals surface area contributed by atoms with E-state index in [4.69, 9.17) is 51.1 Å². The average Bonchev–Trinajstić information content (AvgIpc) is 3.37. The van der Waals surface area contributed by atoms with Crippen molar-refractivity contribution in [3.05, 3.63) is 79.7 Å². The number of carbonyl (C=O) groups excluding carboxylic acids is 1. The van der Waals surface area contributed by atoms with Crippen LogP contribution in [-0.2, 0) is 35.7 Å². The Labute approximate surface area is 332 Å². The normalized spacial score (nSPS) is 16.4. The van der Waals surface area contributed by atoms with Crippen LogP contribution in [0.1, 0.15) is 78.9 Å². The van der Waals surface area contributed by atoms with Crippen molar-refractivity contribution in [3.63, 3.8) is 0 Å². The lowest BCUT2D eigenvalue weighted by molar-refractivity contribution is -0.118. The lowest BCUT2D eigenvalue weighted by Crippen LogP contribution is -2.45. The molecule has 1 aliphatic rings. The minimum atomic E-state index is -4.05. The number of ether oxygens (including phenoxy) is 1. The topological polar surface area (TPSA) is 146 Å². The predicted molar refractivity (Wildman–Crippen MR) is 215 cm³/mol. The van der Waals surface area contributed by atoms with E-state index < -0.39 is 32.0 Å². The van der Waals surface area contributed by atoms with Crippen molar-refractivity contribution in [1.29, 1.82) is 0 Å². The van der Waals surface area contributed by atoms with Crippen molar-refractivity contribution in [2.45, 2.75) is 89.5 Å². The number of sulfonamides is 2. The van der Waals surface area contributed by atoms with E-state index in [-0.39, 0.29) is 71.9 Å². The van der Waals surface area contributed by atoms with Gasteiger partial charge in [-0.25, -0.2) is 31.6 Å². The number of hydrogen-bond acceptors (Lipinski definition) is 7. The van der Waals surface area contributed by atoms with Gasteiger partial charge in [0.25, 0.3) is 5.91 Å². The molecule has 0 aromatic heterocycles. The van der Waals surface area contributed by atoms with Crippen LogP contribution in [-0.4, -0.2) is 53.5 Å². The summed E-state index contributed by atoms with van der Waals surface area (Å²) in [5.74, 6) is -0.567. The van der Waals surface area contributed by atoms with Crippen LogP contribution in [0.15, 0.2) is 58.4 Å². The number of anilines is 1. The molecule has 0 bridgehead atoms. The number of amides is 1. The molecule has 11 nitrogen and oxygen atoms in total. The third-order valence-electron chi connectivity index (χ3n) is 9.45. The van der Waals surface area contributed by atoms with Crippen LogP contribution in [0.2, 0.25) is 20.1 Å². The Kier molecular flexibility index (Phi) is 13.9. The number of halogens is 4. The van der Waals surface area contributed by atoms with Gasteiger partial charge in [0.2, 0.25) is 20.0 Å². The van der Waals surface area contributed by atoms with E-state index in [0.717, 1.165) is 29.2 Å². The molecule has 3 N–H and O–H groups in total. The summed E-state index contributed by atoms with van der Waals surface area (Å²) in [5, 5.41) is 1.20. The molecule has 1 heterocycles. The molecule has 1 unspecified atom stereocenters. The lowest BCUT2D eigenvalue weighted by Gasteiger charge is -2.30. The molecule has 1 aliphatic heterocycles. The summed E-state index contributed by atoms with van der Waals surface area (Å²) in [6.07, 6.45) is 2.29. The molecule has 3 aromatic carbocycles. The maximum Gasteiger partial charge on any atom is 0.271 e. The summed E-state index contributed by atoms with van der Waals surface area (Å²) in [6.45, 7) is 14.9. The van der Waals surface area contributed by atoms with Crippen molar-refractivity contribution in [3.8, 4) is 5.75 Å². The van der Waals surface area contributed by atoms with Crippen LogP contribution in [0.4, 0.5) is 11.4 Å². The van der Waals surface area contributed by atoms with Crippen LogP contribution in [0, 0.1) is 0 Å². The molecule has 1 atom stereocenters. The highest BCUT2D eigenvalue weighted by molar-refractivity contribution is 7.89. The molecule has 0 saturated carbocycles. The van der Waals surface area contributed by atoms with Gasteiger partial charge in [0.15, 0.2) is 6.04 Å². The van der Waals surface area contributed by atoms with Gasteiger partial charge in [0.1, 0.15) is 17.3 Å². The smallest absolute Gasteiger partial charge is 0.271 e. The number of amidine groups is 1. The Bertz CT molecular complexity index is 2090. The van der Waals surface area contributed by atoms with E-state index in [2.05, 4.69) is 73.5 Å². The molecular formula is C36H45Cl4N5O6S2. The van der Waals surface area contributed by atoms with Crippen LogP contribution >= 0.6 is 46.4 Å². The number of nitrogens with zero attached hydrogens (tertiary/aromatic N) is 2. The summed E-state index contributed by atoms with van der Waals surface area (Å²) in [5.41, 5.74) is 4.94. The maximum atomic E-state index is 13.6. The highest BCUT2D eigenvalue weighted by atomic mass is 35.5. The van der Waals surface area contributed by atoms with Crippen LogP contribution in [0.5, 0.6) is 5.75 Å². The monoisotopic (exact) mass is 847 g/mol. The zero-order valence-electron chi connectivity index (χ0n) is 30.6. The van der Waals surface area contributed by atoms with Gasteiger partial charge < -0.3 is 4.74 Å². The average molecular weight is 850 g/mol. The van der Waals surface area contributed by atoms with Gasteiger partial charge in [-0.15, -0.1) is 0 Å². The van der Waals surface area contributed by atoms with Crippen molar-refractivity contribution in [1.82, 2.24) is 14.9 Å². The SMILES string of the molecule is CCC(C)(C)c1ccc(OCCCNS(=O)(=O)c2ccc(Cl)c(N=C3NN(c4c(Cl)cc(Cl)cc4Cl)C(=O)C3NS(=O)(=O)CC)c2)c(C(C)(C)CC)c1. The van der Waals surface area contributed by atoms with E-state index in [9.17, 15) is 21.6 Å². The Morgan fingerprint density at radius 1 is 0.868 bits per heavy atom. The third-order valence-corrected chi connectivity index (χ3v) is 13.4. The fourth-order valence-corrected chi connectivity index (χ4v) is 8.25. The van der Waals surface area contributed by atoms with Gasteiger partial charge in [-0.2, -0.15) is 4.72 Å². The molecule has 1 amide bonds. The lowest BCUT2D eigenvalue weighted by atomic mass is 9.76. The molecule has 0 radical (unpaired) electrons. The summed E-state index contributed by atoms with van der Waals surface area (Å²) in [6, 6.07) is 11.4. The van der Waals surface area contributed by atoms with Gasteiger partial charge in [-0.05, 0) is 79.0 Å². The van der Waals surface area contributed by atoms with Crippen LogP contribution in [0.3, 0.4) is 0 Å². The van der Waals surface area contributed by atoms with Crippen LogP contribution in [0.25, 0.3) is 0 Å². The Morgan fingerprint density at radius 3 is 2.11 bits per heavy atom. The second kappa shape index (κ2) is 17.0. The van der Waals surface area contributed by atoms with E-state index in [1.54, 1.807) is 0 Å². The molecule has 1 fully saturated rings. The standard InChI is InChI=1S/C36H45Cl4N5O6S2/c1-8-35(4,5)22-12-15-30(25(18-22)36(6,7)9-2)51-17-11-16-41-53(49,50)24-13-14-26(38)29(21-24)42-33-31(44-52(47,48)10-3)34(46)45(43-33)32-27(39)19-23(37)20-28(32)40/h12-15,18-21,31,41,44H,8-11,16-17H2,1-7H3,(H,42,43). The number of carbonyl (C=O) groups is 1. The first kappa shape index (κ1) is 43.1. The molecule has 0 aliphatic carbocycles. The number of nitrogens with one attached hydrogen (secondary N) is 3. The Hall–Kier alpha value is -2.62. The van der Waals surface area contributed by atoms with Crippen molar-refractivity contribution in [2.24, 2.45) is 4.99 Å². The van der Waals surface area contributed by atoms with E-state index in [0.29, 0.717) is 6.42 Å². The minimum Gasteiger partial charge on any atom is -0.493 e. The number of rotatable bonds is 16. The quantitative estimate of drug-likeness (QED) is 0.123. The summed E-state index contributed by atoms with van der Waals surface area (Å²) < 4.78 is 63.0. The van der Waals surface area contributed by atoms with Crippen molar-refractivity contribution < 1.29 is 26.4 Å². The van der Waals surface area contributed by atoms with E-state index >= 15 is 0 Å². The Balaban J connectivity index is 1.53. The zero-order chi connectivity index (χ0) is 39.5. The van der Waals surface area contributed by atoms with Gasteiger partial charge in [-0.3, -0.25) is 10.2 Å². The molecular weight excluding hydrogens is 804 g/mol. The highest BCUT2D eigenvalue weighted by Crippen LogP contribution is 2.40. The van der Waals surface area contributed by atoms with Gasteiger partial charge >= 0.3 is 0 Å². The van der Waals surface area contributed by atoms with Crippen molar-refractivity contribution >= 4 is 89.6 Å². The van der Waals surface area contributed by atoms with Gasteiger partial charge in [0, 0.05) is 17.1 Å². The fraction of sp³-hybridized carbons (Fsp3) is 0.444. The summed E-state index contributed by atoms with van der Waals surface area (Å²) in [4.78, 5) is 17.8. The largest absolute Gasteiger partial charge is 0.493 e. The third kappa shape index (κ3) is 10.2. The first-order valence-corrected chi connectivity index (χ1v) is 21.7. The second-order valence-corrected chi connectivity index (χ2v) is 19.3. The summed E-state index contributed by atoms with van der Waals surface area (Å²) >= 11 is 25.2. The van der Waals surface area contributed by atoms with Crippen LogP contribution < -0.4 is 24.6 Å². The van der Waals surface area contributed by atoms with E-state index in [1.165, 1.54) is 42.8 Å². The second-order valence-electron chi connectivity index (χ2n) is 13.9. The molecule has 53 heavy (non-hydrogen) atoms. The number of benzene rings is 3. The molecule has 3 aromatic rings. The molecule has 0 spiro atoms. The summed E-state index contributed by atoms with van der Waals surface area (Å²) in [7, 11) is -8.00. The maximum absolute atomic E-state index is 13.6. The van der Waals surface area contributed by atoms with Gasteiger partial charge in [0.05, 0.1) is 38.0 Å².